The highest BCUT2D eigenvalue weighted by atomic mass is 32.2. The van der Waals surface area contributed by atoms with Crippen molar-refractivity contribution in [1.82, 2.24) is 9.62 Å². The van der Waals surface area contributed by atoms with Crippen molar-refractivity contribution in [2.45, 2.75) is 30.2 Å². The fourth-order valence-corrected chi connectivity index (χ4v) is 3.46. The largest absolute Gasteiger partial charge is 0.493 e. The molecule has 0 spiro atoms. The van der Waals surface area contributed by atoms with E-state index in [4.69, 9.17) is 10.5 Å². The molecule has 6 nitrogen and oxygen atoms in total. The van der Waals surface area contributed by atoms with E-state index in [1.165, 1.54) is 26.0 Å². The van der Waals surface area contributed by atoms with Gasteiger partial charge in [-0.05, 0) is 52.0 Å². The molecule has 0 aromatic heterocycles. The first-order valence-electron chi connectivity index (χ1n) is 7.10. The average Bonchev–Trinajstić information content (AvgIpc) is 2.84. The Morgan fingerprint density at radius 2 is 2.24 bits per heavy atom. The van der Waals surface area contributed by atoms with Crippen molar-refractivity contribution < 1.29 is 13.2 Å². The number of hydrogen-bond acceptors (Lipinski definition) is 5. The maximum atomic E-state index is 11.7. The van der Waals surface area contributed by atoms with E-state index in [-0.39, 0.29) is 10.6 Å². The number of nitrogen functional groups attached to an aromatic ring is 1. The standard InChI is InChI=1S/C14H23N3O3S/c1-16-21(18,19)14-6-5-12(10-13(14)15)20-9-7-11-4-3-8-17(11)2/h5-6,10-11,16H,3-4,7-9,15H2,1-2H3. The highest BCUT2D eigenvalue weighted by molar-refractivity contribution is 7.89. The Bertz CT molecular complexity index is 589. The highest BCUT2D eigenvalue weighted by Gasteiger charge is 2.20. The number of anilines is 1. The van der Waals surface area contributed by atoms with Crippen molar-refractivity contribution >= 4 is 15.7 Å². The van der Waals surface area contributed by atoms with Gasteiger partial charge in [-0.2, -0.15) is 0 Å². The lowest BCUT2D eigenvalue weighted by Gasteiger charge is -2.19. The number of rotatable bonds is 6. The summed E-state index contributed by atoms with van der Waals surface area (Å²) in [6.45, 7) is 1.75. The molecule has 1 aliphatic rings. The zero-order chi connectivity index (χ0) is 15.5. The Kier molecular flexibility index (Phi) is 5.08. The molecule has 1 fully saturated rings. The smallest absolute Gasteiger partial charge is 0.242 e. The number of sulfonamides is 1. The first kappa shape index (κ1) is 16.1. The van der Waals surface area contributed by atoms with Gasteiger partial charge in [0.25, 0.3) is 0 Å². The van der Waals surface area contributed by atoms with Gasteiger partial charge in [0.15, 0.2) is 0 Å². The Hall–Kier alpha value is -1.31. The predicted molar refractivity (Wildman–Crippen MR) is 82.9 cm³/mol. The van der Waals surface area contributed by atoms with Gasteiger partial charge in [-0.3, -0.25) is 0 Å². The van der Waals surface area contributed by atoms with Gasteiger partial charge in [0.2, 0.25) is 10.0 Å². The number of benzene rings is 1. The third kappa shape index (κ3) is 3.87. The molecule has 0 bridgehead atoms. The van der Waals surface area contributed by atoms with Crippen LogP contribution < -0.4 is 15.2 Å². The molecule has 1 saturated heterocycles. The number of nitrogens with one attached hydrogen (secondary N) is 1. The molecular weight excluding hydrogens is 290 g/mol. The van der Waals surface area contributed by atoms with Crippen LogP contribution in [0.5, 0.6) is 5.75 Å². The SMILES string of the molecule is CNS(=O)(=O)c1ccc(OCCC2CCCN2C)cc1N. The minimum Gasteiger partial charge on any atom is -0.493 e. The van der Waals surface area contributed by atoms with Gasteiger partial charge in [0.1, 0.15) is 10.6 Å². The summed E-state index contributed by atoms with van der Waals surface area (Å²) in [5.41, 5.74) is 5.99. The molecular formula is C14H23N3O3S. The normalized spacial score (nSPS) is 19.8. The van der Waals surface area contributed by atoms with Gasteiger partial charge in [0, 0.05) is 12.1 Å². The molecule has 0 saturated carbocycles. The zero-order valence-electron chi connectivity index (χ0n) is 12.5. The van der Waals surface area contributed by atoms with Gasteiger partial charge >= 0.3 is 0 Å². The van der Waals surface area contributed by atoms with Crippen LogP contribution in [0.1, 0.15) is 19.3 Å². The second kappa shape index (κ2) is 6.64. The summed E-state index contributed by atoms with van der Waals surface area (Å²) in [6, 6.07) is 5.24. The van der Waals surface area contributed by atoms with Crippen molar-refractivity contribution in [3.8, 4) is 5.75 Å². The van der Waals surface area contributed by atoms with Crippen molar-refractivity contribution in [3.63, 3.8) is 0 Å². The van der Waals surface area contributed by atoms with Crippen LogP contribution in [0.25, 0.3) is 0 Å². The summed E-state index contributed by atoms with van der Waals surface area (Å²) < 4.78 is 31.4. The van der Waals surface area contributed by atoms with Crippen LogP contribution in [0.15, 0.2) is 23.1 Å². The Labute approximate surface area is 126 Å². The molecule has 1 aromatic carbocycles. The predicted octanol–water partition coefficient (Wildman–Crippen LogP) is 1.04. The number of ether oxygens (including phenoxy) is 1. The highest BCUT2D eigenvalue weighted by Crippen LogP contribution is 2.24. The first-order chi connectivity index (χ1) is 9.94. The second-order valence-corrected chi connectivity index (χ2v) is 7.18. The van der Waals surface area contributed by atoms with E-state index in [1.54, 1.807) is 12.1 Å². The van der Waals surface area contributed by atoms with Crippen LogP contribution in [-0.4, -0.2) is 46.6 Å². The van der Waals surface area contributed by atoms with Crippen molar-refractivity contribution in [2.75, 3.05) is 33.0 Å². The van der Waals surface area contributed by atoms with Gasteiger partial charge < -0.3 is 15.4 Å². The van der Waals surface area contributed by atoms with E-state index < -0.39 is 10.0 Å². The van der Waals surface area contributed by atoms with E-state index in [2.05, 4.69) is 16.7 Å². The number of nitrogens with two attached hydrogens (primary N) is 1. The van der Waals surface area contributed by atoms with Gasteiger partial charge in [-0.15, -0.1) is 0 Å². The molecule has 1 aromatic rings. The fraction of sp³-hybridized carbons (Fsp3) is 0.571. The van der Waals surface area contributed by atoms with Crippen molar-refractivity contribution in [1.29, 1.82) is 0 Å². The summed E-state index contributed by atoms with van der Waals surface area (Å²) >= 11 is 0. The maximum absolute atomic E-state index is 11.7. The van der Waals surface area contributed by atoms with Crippen LogP contribution in [0.2, 0.25) is 0 Å². The van der Waals surface area contributed by atoms with E-state index in [9.17, 15) is 8.42 Å². The van der Waals surface area contributed by atoms with Crippen LogP contribution in [0, 0.1) is 0 Å². The molecule has 1 unspecified atom stereocenters. The lowest BCUT2D eigenvalue weighted by atomic mass is 10.1. The summed E-state index contributed by atoms with van der Waals surface area (Å²) in [6.07, 6.45) is 3.42. The molecule has 0 aliphatic carbocycles. The molecule has 0 radical (unpaired) electrons. The molecule has 1 heterocycles. The molecule has 1 aliphatic heterocycles. The Balaban J connectivity index is 1.94. The first-order valence-corrected chi connectivity index (χ1v) is 8.58. The maximum Gasteiger partial charge on any atom is 0.242 e. The summed E-state index contributed by atoms with van der Waals surface area (Å²) in [7, 11) is -0.0333. The second-order valence-electron chi connectivity index (χ2n) is 5.32. The van der Waals surface area contributed by atoms with E-state index in [0.717, 1.165) is 13.0 Å². The lowest BCUT2D eigenvalue weighted by Crippen LogP contribution is -2.26. The average molecular weight is 313 g/mol. The summed E-state index contributed by atoms with van der Waals surface area (Å²) in [5.74, 6) is 0.600. The monoisotopic (exact) mass is 313 g/mol. The molecule has 118 valence electrons. The van der Waals surface area contributed by atoms with Crippen LogP contribution in [0.4, 0.5) is 5.69 Å². The van der Waals surface area contributed by atoms with E-state index in [0.29, 0.717) is 18.4 Å². The number of hydrogen-bond donors (Lipinski definition) is 2. The van der Waals surface area contributed by atoms with Gasteiger partial charge in [0.05, 0.1) is 12.3 Å². The van der Waals surface area contributed by atoms with Crippen LogP contribution in [0.3, 0.4) is 0 Å². The molecule has 3 N–H and O–H groups in total. The topological polar surface area (TPSA) is 84.7 Å². The minimum absolute atomic E-state index is 0.0767. The Morgan fingerprint density at radius 3 is 2.81 bits per heavy atom. The fourth-order valence-electron chi connectivity index (χ4n) is 2.63. The van der Waals surface area contributed by atoms with Crippen molar-refractivity contribution in [2.24, 2.45) is 0 Å². The molecule has 0 amide bonds. The lowest BCUT2D eigenvalue weighted by molar-refractivity contribution is 0.233. The van der Waals surface area contributed by atoms with Gasteiger partial charge in [-0.25, -0.2) is 13.1 Å². The molecule has 1 atom stereocenters. The van der Waals surface area contributed by atoms with E-state index >= 15 is 0 Å². The van der Waals surface area contributed by atoms with Crippen molar-refractivity contribution in [3.05, 3.63) is 18.2 Å². The van der Waals surface area contributed by atoms with Gasteiger partial charge in [-0.1, -0.05) is 0 Å². The quantitative estimate of drug-likeness (QED) is 0.767. The number of likely N-dealkylation sites (tertiary alicyclic amines) is 1. The third-order valence-corrected chi connectivity index (χ3v) is 5.42. The number of nitrogens with zero attached hydrogens (tertiary/aromatic N) is 1. The molecule has 21 heavy (non-hydrogen) atoms. The zero-order valence-corrected chi connectivity index (χ0v) is 13.3. The van der Waals surface area contributed by atoms with Crippen LogP contribution in [-0.2, 0) is 10.0 Å². The summed E-state index contributed by atoms with van der Waals surface area (Å²) in [4.78, 5) is 2.42. The Morgan fingerprint density at radius 1 is 1.48 bits per heavy atom. The molecule has 2 rings (SSSR count). The summed E-state index contributed by atoms with van der Waals surface area (Å²) in [5, 5.41) is 0. The third-order valence-electron chi connectivity index (χ3n) is 3.93. The minimum atomic E-state index is -3.52. The molecule has 7 heteroatoms. The van der Waals surface area contributed by atoms with E-state index in [1.807, 2.05) is 0 Å². The van der Waals surface area contributed by atoms with Crippen LogP contribution >= 0.6 is 0 Å².